The molecule has 1 rings (SSSR count). The lowest BCUT2D eigenvalue weighted by Gasteiger charge is -2.49. The van der Waals surface area contributed by atoms with Gasteiger partial charge in [-0.25, -0.2) is 0 Å². The minimum Gasteiger partial charge on any atom is -0.396 e. The number of aliphatic hydroxyl groups is 1. The molecule has 3 N–H and O–H groups in total. The highest BCUT2D eigenvalue weighted by Crippen LogP contribution is 2.46. The first-order valence-electron chi connectivity index (χ1n) is 6.31. The van der Waals surface area contributed by atoms with Crippen LogP contribution in [0.5, 0.6) is 0 Å². The predicted molar refractivity (Wildman–Crippen MR) is 64.7 cm³/mol. The van der Waals surface area contributed by atoms with Crippen molar-refractivity contribution < 1.29 is 5.11 Å². The van der Waals surface area contributed by atoms with Crippen molar-refractivity contribution in [2.24, 2.45) is 17.1 Å². The third kappa shape index (κ3) is 2.73. The van der Waals surface area contributed by atoms with Crippen molar-refractivity contribution in [3.63, 3.8) is 0 Å². The molecule has 0 aromatic carbocycles. The largest absolute Gasteiger partial charge is 0.396 e. The van der Waals surface area contributed by atoms with Gasteiger partial charge in [-0.3, -0.25) is 0 Å². The monoisotopic (exact) mass is 213 g/mol. The lowest BCUT2D eigenvalue weighted by atomic mass is 9.59. The highest BCUT2D eigenvalue weighted by molar-refractivity contribution is 4.98. The minimum atomic E-state index is -0.197. The Hall–Kier alpha value is -0.0800. The standard InChI is InChI=1S/C13H27NO/c1-12(2,14)13(3,9-10-15)11-7-5-4-6-8-11/h11,15H,4-10,14H2,1-3H3. The summed E-state index contributed by atoms with van der Waals surface area (Å²) in [5.41, 5.74) is 6.21. The Morgan fingerprint density at radius 3 is 2.07 bits per heavy atom. The average Bonchev–Trinajstić information content (AvgIpc) is 2.18. The average molecular weight is 213 g/mol. The summed E-state index contributed by atoms with van der Waals surface area (Å²) in [6.07, 6.45) is 7.45. The summed E-state index contributed by atoms with van der Waals surface area (Å²) in [6, 6.07) is 0. The molecule has 0 spiro atoms. The number of nitrogens with two attached hydrogens (primary N) is 1. The number of rotatable bonds is 4. The van der Waals surface area contributed by atoms with Crippen LogP contribution in [0.15, 0.2) is 0 Å². The van der Waals surface area contributed by atoms with E-state index < -0.39 is 0 Å². The van der Waals surface area contributed by atoms with Gasteiger partial charge in [0.2, 0.25) is 0 Å². The van der Waals surface area contributed by atoms with E-state index in [4.69, 9.17) is 5.73 Å². The van der Waals surface area contributed by atoms with Crippen molar-refractivity contribution >= 4 is 0 Å². The van der Waals surface area contributed by atoms with E-state index >= 15 is 0 Å². The van der Waals surface area contributed by atoms with Crippen molar-refractivity contribution in [1.82, 2.24) is 0 Å². The SMILES string of the molecule is CC(C)(N)C(C)(CCO)C1CCCCC1. The van der Waals surface area contributed by atoms with E-state index in [0.717, 1.165) is 6.42 Å². The van der Waals surface area contributed by atoms with E-state index in [1.54, 1.807) is 0 Å². The third-order valence-corrected chi connectivity index (χ3v) is 4.61. The lowest BCUT2D eigenvalue weighted by Crippen LogP contribution is -2.54. The maximum atomic E-state index is 9.24. The molecule has 2 nitrogen and oxygen atoms in total. The Kier molecular flexibility index (Phi) is 4.19. The highest BCUT2D eigenvalue weighted by Gasteiger charge is 2.43. The zero-order valence-corrected chi connectivity index (χ0v) is 10.6. The maximum absolute atomic E-state index is 9.24. The quantitative estimate of drug-likeness (QED) is 0.754. The van der Waals surface area contributed by atoms with Gasteiger partial charge < -0.3 is 10.8 Å². The number of hydrogen-bond acceptors (Lipinski definition) is 2. The third-order valence-electron chi connectivity index (χ3n) is 4.61. The van der Waals surface area contributed by atoms with Crippen molar-refractivity contribution in [3.8, 4) is 0 Å². The zero-order chi connectivity index (χ0) is 11.5. The van der Waals surface area contributed by atoms with E-state index in [2.05, 4.69) is 20.8 Å². The lowest BCUT2D eigenvalue weighted by molar-refractivity contribution is 0.0309. The number of aliphatic hydroxyl groups excluding tert-OH is 1. The summed E-state index contributed by atoms with van der Waals surface area (Å²) < 4.78 is 0. The molecular formula is C13H27NO. The van der Waals surface area contributed by atoms with Gasteiger partial charge in [-0.15, -0.1) is 0 Å². The zero-order valence-electron chi connectivity index (χ0n) is 10.6. The van der Waals surface area contributed by atoms with Crippen LogP contribution in [0.4, 0.5) is 0 Å². The van der Waals surface area contributed by atoms with Crippen LogP contribution in [0.2, 0.25) is 0 Å². The summed E-state index contributed by atoms with van der Waals surface area (Å²) in [5, 5.41) is 9.24. The summed E-state index contributed by atoms with van der Waals surface area (Å²) in [7, 11) is 0. The van der Waals surface area contributed by atoms with E-state index in [9.17, 15) is 5.11 Å². The molecule has 90 valence electrons. The van der Waals surface area contributed by atoms with Crippen LogP contribution in [-0.4, -0.2) is 17.3 Å². The van der Waals surface area contributed by atoms with Crippen molar-refractivity contribution in [1.29, 1.82) is 0 Å². The van der Waals surface area contributed by atoms with Crippen molar-refractivity contribution in [2.75, 3.05) is 6.61 Å². The van der Waals surface area contributed by atoms with Gasteiger partial charge in [0, 0.05) is 12.1 Å². The van der Waals surface area contributed by atoms with Crippen LogP contribution < -0.4 is 5.73 Å². The van der Waals surface area contributed by atoms with E-state index in [0.29, 0.717) is 5.92 Å². The van der Waals surface area contributed by atoms with Crippen LogP contribution in [0.1, 0.15) is 59.3 Å². The van der Waals surface area contributed by atoms with Gasteiger partial charge in [0.1, 0.15) is 0 Å². The molecule has 0 bridgehead atoms. The van der Waals surface area contributed by atoms with Crippen molar-refractivity contribution in [2.45, 2.75) is 64.8 Å². The van der Waals surface area contributed by atoms with Gasteiger partial charge >= 0.3 is 0 Å². The molecule has 15 heavy (non-hydrogen) atoms. The molecule has 1 fully saturated rings. The second kappa shape index (κ2) is 4.84. The molecule has 1 saturated carbocycles. The molecule has 1 atom stereocenters. The molecule has 0 amide bonds. The molecule has 1 aliphatic carbocycles. The molecule has 0 heterocycles. The van der Waals surface area contributed by atoms with Gasteiger partial charge in [-0.1, -0.05) is 26.2 Å². The predicted octanol–water partition coefficient (Wildman–Crippen LogP) is 2.69. The molecule has 2 heteroatoms. The summed E-state index contributed by atoms with van der Waals surface area (Å²) in [5.74, 6) is 0.693. The molecule has 0 radical (unpaired) electrons. The van der Waals surface area contributed by atoms with Crippen LogP contribution in [-0.2, 0) is 0 Å². The van der Waals surface area contributed by atoms with E-state index in [-0.39, 0.29) is 17.6 Å². The van der Waals surface area contributed by atoms with Crippen molar-refractivity contribution in [3.05, 3.63) is 0 Å². The summed E-state index contributed by atoms with van der Waals surface area (Å²) >= 11 is 0. The smallest absolute Gasteiger partial charge is 0.0437 e. The maximum Gasteiger partial charge on any atom is 0.0437 e. The molecule has 1 unspecified atom stereocenters. The van der Waals surface area contributed by atoms with Crippen LogP contribution in [0, 0.1) is 11.3 Å². The minimum absolute atomic E-state index is 0.0855. The molecule has 0 aromatic rings. The summed E-state index contributed by atoms with van der Waals surface area (Å²) in [4.78, 5) is 0. The molecule has 1 aliphatic rings. The van der Waals surface area contributed by atoms with E-state index in [1.807, 2.05) is 0 Å². The molecule has 0 aromatic heterocycles. The first-order valence-corrected chi connectivity index (χ1v) is 6.31. The molecule has 0 saturated heterocycles. The first-order chi connectivity index (χ1) is 6.92. The normalized spacial score (nSPS) is 23.8. The molecular weight excluding hydrogens is 186 g/mol. The second-order valence-electron chi connectivity index (χ2n) is 5.95. The fraction of sp³-hybridized carbons (Fsp3) is 1.00. The Labute approximate surface area is 94.2 Å². The molecule has 0 aliphatic heterocycles. The Morgan fingerprint density at radius 2 is 1.67 bits per heavy atom. The van der Waals surface area contributed by atoms with Gasteiger partial charge in [-0.05, 0) is 44.4 Å². The van der Waals surface area contributed by atoms with Crippen LogP contribution >= 0.6 is 0 Å². The summed E-state index contributed by atoms with van der Waals surface area (Å²) in [6.45, 7) is 6.74. The Balaban J connectivity index is 2.79. The van der Waals surface area contributed by atoms with Gasteiger partial charge in [0.25, 0.3) is 0 Å². The van der Waals surface area contributed by atoms with Crippen LogP contribution in [0.3, 0.4) is 0 Å². The topological polar surface area (TPSA) is 46.2 Å². The van der Waals surface area contributed by atoms with Gasteiger partial charge in [0.05, 0.1) is 0 Å². The van der Waals surface area contributed by atoms with Crippen LogP contribution in [0.25, 0.3) is 0 Å². The fourth-order valence-corrected chi connectivity index (χ4v) is 3.02. The first kappa shape index (κ1) is 13.0. The fourth-order valence-electron chi connectivity index (χ4n) is 3.02. The van der Waals surface area contributed by atoms with Gasteiger partial charge in [0.15, 0.2) is 0 Å². The number of hydrogen-bond donors (Lipinski definition) is 2. The second-order valence-corrected chi connectivity index (χ2v) is 5.95. The van der Waals surface area contributed by atoms with E-state index in [1.165, 1.54) is 32.1 Å². The Bertz CT molecular complexity index is 191. The Morgan fingerprint density at radius 1 is 1.13 bits per heavy atom. The highest BCUT2D eigenvalue weighted by atomic mass is 16.3. The van der Waals surface area contributed by atoms with Gasteiger partial charge in [-0.2, -0.15) is 0 Å².